The number of carbonyl (C=O) groups excluding carboxylic acids is 1. The maximum Gasteiger partial charge on any atom is 0.345 e. The number of phenolic OH excluding ortho intramolecular Hbond substituents is 1. The largest absolute Gasteiger partial charge is 0.508 e. The predicted octanol–water partition coefficient (Wildman–Crippen LogP) is 3.76. The molecule has 1 aliphatic rings. The molecule has 2 aromatic carbocycles. The molecule has 4 rings (SSSR count). The number of hydrogen-bond donors (Lipinski definition) is 2. The van der Waals surface area contributed by atoms with Gasteiger partial charge < -0.3 is 19.7 Å². The molecule has 2 N–H and O–H groups in total. The van der Waals surface area contributed by atoms with Gasteiger partial charge in [-0.1, -0.05) is 19.1 Å². The topological polar surface area (TPSA) is 95.5 Å². The Morgan fingerprint density at radius 3 is 2.69 bits per heavy atom. The van der Waals surface area contributed by atoms with Crippen molar-refractivity contribution in [1.29, 1.82) is 0 Å². The van der Waals surface area contributed by atoms with Gasteiger partial charge in [-0.05, 0) is 73.2 Å². The molecule has 0 unspecified atom stereocenters. The molecule has 7 nitrogen and oxygen atoms in total. The van der Waals surface area contributed by atoms with Crippen molar-refractivity contribution in [3.63, 3.8) is 0 Å². The lowest BCUT2D eigenvalue weighted by Crippen LogP contribution is -2.40. The Morgan fingerprint density at radius 1 is 1.16 bits per heavy atom. The maximum atomic E-state index is 12.5. The predicted molar refractivity (Wildman–Crippen MR) is 123 cm³/mol. The van der Waals surface area contributed by atoms with Crippen molar-refractivity contribution in [3.05, 3.63) is 64.6 Å². The average molecular weight is 434 g/mol. The summed E-state index contributed by atoms with van der Waals surface area (Å²) in [6.07, 6.45) is 2.05. The fourth-order valence-electron chi connectivity index (χ4n) is 3.82. The number of piperidine rings is 1. The summed E-state index contributed by atoms with van der Waals surface area (Å²) >= 11 is 0. The Hall–Kier alpha value is -3.61. The third kappa shape index (κ3) is 4.99. The van der Waals surface area contributed by atoms with Crippen molar-refractivity contribution >= 4 is 5.91 Å². The van der Waals surface area contributed by atoms with E-state index in [-0.39, 0.29) is 18.3 Å². The summed E-state index contributed by atoms with van der Waals surface area (Å²) in [4.78, 5) is 33.4. The van der Waals surface area contributed by atoms with Crippen LogP contribution in [0.4, 0.5) is 0 Å². The third-order valence-electron chi connectivity index (χ3n) is 5.88. The molecule has 1 saturated heterocycles. The van der Waals surface area contributed by atoms with Crippen LogP contribution >= 0.6 is 0 Å². The lowest BCUT2D eigenvalue weighted by Gasteiger charge is -2.30. The number of H-pyrrole nitrogens is 1. The number of amides is 1. The van der Waals surface area contributed by atoms with Crippen molar-refractivity contribution < 1.29 is 14.6 Å². The number of carbonyl (C=O) groups is 1. The van der Waals surface area contributed by atoms with E-state index >= 15 is 0 Å². The first kappa shape index (κ1) is 21.6. The molecule has 0 bridgehead atoms. The van der Waals surface area contributed by atoms with Crippen LogP contribution < -0.4 is 10.4 Å². The van der Waals surface area contributed by atoms with Gasteiger partial charge in [0, 0.05) is 18.7 Å². The van der Waals surface area contributed by atoms with Gasteiger partial charge in [0.2, 0.25) is 0 Å². The Labute approximate surface area is 186 Å². The second kappa shape index (κ2) is 9.26. The van der Waals surface area contributed by atoms with E-state index in [1.807, 2.05) is 17.0 Å². The number of rotatable bonds is 5. The van der Waals surface area contributed by atoms with Crippen LogP contribution in [0.15, 0.2) is 53.3 Å². The molecule has 0 spiro atoms. The van der Waals surface area contributed by atoms with E-state index in [4.69, 9.17) is 4.74 Å². The van der Waals surface area contributed by atoms with Crippen LogP contribution in [0.5, 0.6) is 11.5 Å². The van der Waals surface area contributed by atoms with E-state index in [1.165, 1.54) is 0 Å². The van der Waals surface area contributed by atoms with Gasteiger partial charge in [-0.3, -0.25) is 4.79 Å². The molecule has 1 fully saturated rings. The highest BCUT2D eigenvalue weighted by atomic mass is 16.5. The fourth-order valence-corrected chi connectivity index (χ4v) is 3.82. The summed E-state index contributed by atoms with van der Waals surface area (Å²) < 4.78 is 5.75. The number of aromatic nitrogens is 2. The van der Waals surface area contributed by atoms with Crippen LogP contribution in [-0.4, -0.2) is 45.6 Å². The molecule has 1 amide bonds. The molecule has 2 heterocycles. The first-order chi connectivity index (χ1) is 15.4. The van der Waals surface area contributed by atoms with E-state index in [2.05, 4.69) is 16.9 Å². The molecular weight excluding hydrogens is 406 g/mol. The molecule has 166 valence electrons. The highest BCUT2D eigenvalue weighted by Gasteiger charge is 2.20. The summed E-state index contributed by atoms with van der Waals surface area (Å²) in [6.45, 7) is 5.55. The third-order valence-corrected chi connectivity index (χ3v) is 5.88. The van der Waals surface area contributed by atoms with E-state index < -0.39 is 5.69 Å². The average Bonchev–Trinajstić information content (AvgIpc) is 2.79. The number of aryl methyl sites for hydroxylation is 1. The number of aromatic hydroxyl groups is 1. The van der Waals surface area contributed by atoms with Crippen molar-refractivity contribution in [1.82, 2.24) is 14.9 Å². The lowest BCUT2D eigenvalue weighted by molar-refractivity contribution is -0.134. The molecule has 0 radical (unpaired) electrons. The number of nitrogens with one attached hydrogen (secondary N) is 1. The van der Waals surface area contributed by atoms with Crippen LogP contribution in [0.3, 0.4) is 0 Å². The Bertz CT molecular complexity index is 1180. The monoisotopic (exact) mass is 433 g/mol. The van der Waals surface area contributed by atoms with Crippen LogP contribution in [0, 0.1) is 12.8 Å². The minimum absolute atomic E-state index is 0.0124. The number of nitrogens with zero attached hydrogens (tertiary/aromatic N) is 2. The lowest BCUT2D eigenvalue weighted by atomic mass is 9.99. The van der Waals surface area contributed by atoms with Crippen LogP contribution in [-0.2, 0) is 4.79 Å². The Morgan fingerprint density at radius 2 is 1.94 bits per heavy atom. The van der Waals surface area contributed by atoms with Gasteiger partial charge in [0.15, 0.2) is 6.61 Å². The van der Waals surface area contributed by atoms with E-state index in [0.717, 1.165) is 31.5 Å². The van der Waals surface area contributed by atoms with Gasteiger partial charge >= 0.3 is 5.69 Å². The number of phenols is 1. The van der Waals surface area contributed by atoms with Crippen molar-refractivity contribution in [3.8, 4) is 34.0 Å². The molecule has 7 heteroatoms. The first-order valence-electron chi connectivity index (χ1n) is 10.8. The summed E-state index contributed by atoms with van der Waals surface area (Å²) in [5.74, 6) is 1.39. The van der Waals surface area contributed by atoms with Crippen molar-refractivity contribution in [2.45, 2.75) is 26.7 Å². The van der Waals surface area contributed by atoms with Gasteiger partial charge in [0.25, 0.3) is 5.91 Å². The van der Waals surface area contributed by atoms with E-state index in [1.54, 1.807) is 43.3 Å². The smallest absolute Gasteiger partial charge is 0.345 e. The highest BCUT2D eigenvalue weighted by molar-refractivity contribution is 5.78. The zero-order valence-corrected chi connectivity index (χ0v) is 18.3. The SMILES string of the molecule is Cc1cc(-c2cc(-c3cccc(OCC(=O)N4CCC(C)CC4)c3)nc(=O)[nH]2)ccc1O. The van der Waals surface area contributed by atoms with Crippen LogP contribution in [0.2, 0.25) is 0 Å². The minimum Gasteiger partial charge on any atom is -0.508 e. The second-order valence-corrected chi connectivity index (χ2v) is 8.37. The van der Waals surface area contributed by atoms with Gasteiger partial charge in [-0.25, -0.2) is 4.79 Å². The Balaban J connectivity index is 1.51. The zero-order chi connectivity index (χ0) is 22.7. The minimum atomic E-state index is -0.468. The molecular formula is C25H27N3O4. The van der Waals surface area contributed by atoms with Crippen molar-refractivity contribution in [2.24, 2.45) is 5.92 Å². The normalized spacial score (nSPS) is 14.4. The highest BCUT2D eigenvalue weighted by Crippen LogP contribution is 2.27. The molecule has 0 saturated carbocycles. The van der Waals surface area contributed by atoms with Crippen LogP contribution in [0.25, 0.3) is 22.5 Å². The van der Waals surface area contributed by atoms with E-state index in [0.29, 0.717) is 34.2 Å². The molecule has 0 atom stereocenters. The van der Waals surface area contributed by atoms with Crippen molar-refractivity contribution in [2.75, 3.05) is 19.7 Å². The van der Waals surface area contributed by atoms with E-state index in [9.17, 15) is 14.7 Å². The number of ether oxygens (including phenoxy) is 1. The van der Waals surface area contributed by atoms with Crippen LogP contribution in [0.1, 0.15) is 25.3 Å². The first-order valence-corrected chi connectivity index (χ1v) is 10.8. The molecule has 1 aromatic heterocycles. The summed E-state index contributed by atoms with van der Waals surface area (Å²) in [7, 11) is 0. The zero-order valence-electron chi connectivity index (χ0n) is 18.3. The Kier molecular flexibility index (Phi) is 6.25. The summed E-state index contributed by atoms with van der Waals surface area (Å²) in [5.41, 5.74) is 2.83. The molecule has 3 aromatic rings. The quantitative estimate of drug-likeness (QED) is 0.639. The number of benzene rings is 2. The molecule has 32 heavy (non-hydrogen) atoms. The second-order valence-electron chi connectivity index (χ2n) is 8.37. The number of likely N-dealkylation sites (tertiary alicyclic amines) is 1. The van der Waals surface area contributed by atoms with Gasteiger partial charge in [-0.15, -0.1) is 0 Å². The van der Waals surface area contributed by atoms with Gasteiger partial charge in [0.1, 0.15) is 11.5 Å². The summed E-state index contributed by atoms with van der Waals surface area (Å²) in [5, 5.41) is 9.77. The van der Waals surface area contributed by atoms with Gasteiger partial charge in [-0.2, -0.15) is 4.98 Å². The maximum absolute atomic E-state index is 12.5. The summed E-state index contributed by atoms with van der Waals surface area (Å²) in [6, 6.07) is 14.1. The molecule has 0 aliphatic carbocycles. The molecule has 1 aliphatic heterocycles. The number of aromatic amines is 1. The number of hydrogen-bond acceptors (Lipinski definition) is 5. The fraction of sp³-hybridized carbons (Fsp3) is 0.320. The van der Waals surface area contributed by atoms with Gasteiger partial charge in [0.05, 0.1) is 11.4 Å². The standard InChI is InChI=1S/C25H27N3O4/c1-16-8-10-28(11-9-16)24(30)15-32-20-5-3-4-18(13-20)21-14-22(27-25(31)26-21)19-6-7-23(29)17(2)12-19/h3-7,12-14,16,29H,8-11,15H2,1-2H3,(H,26,27,31).